The Labute approximate surface area is 147 Å². The second-order valence-electron chi connectivity index (χ2n) is 7.71. The summed E-state index contributed by atoms with van der Waals surface area (Å²) in [5.41, 5.74) is 1.01. The molecule has 1 heterocycles. The van der Waals surface area contributed by atoms with Gasteiger partial charge in [-0.2, -0.15) is 0 Å². The van der Waals surface area contributed by atoms with Gasteiger partial charge in [0.2, 0.25) is 15.0 Å². The first-order valence-corrected chi connectivity index (χ1v) is 10.9. The van der Waals surface area contributed by atoms with Crippen LogP contribution in [0, 0.1) is 11.8 Å². The van der Waals surface area contributed by atoms with E-state index in [0.717, 1.165) is 57.4 Å². The fourth-order valence-corrected chi connectivity index (χ4v) is 5.19. The van der Waals surface area contributed by atoms with Crippen molar-refractivity contribution in [3.63, 3.8) is 0 Å². The molecule has 1 aliphatic rings. The number of hydrogen-bond acceptors (Lipinski definition) is 4. The lowest BCUT2D eigenvalue weighted by Crippen LogP contribution is -2.26. The molecule has 6 heteroatoms. The average molecular weight is 356 g/mol. The molecule has 1 aromatic heterocycles. The van der Waals surface area contributed by atoms with Gasteiger partial charge < -0.3 is 9.47 Å². The molecule has 0 spiro atoms. The zero-order valence-corrected chi connectivity index (χ0v) is 16.5. The van der Waals surface area contributed by atoms with Crippen LogP contribution in [0.3, 0.4) is 0 Å². The summed E-state index contributed by atoms with van der Waals surface area (Å²) in [5.74, 6) is 1.18. The van der Waals surface area contributed by atoms with E-state index in [4.69, 9.17) is 0 Å². The second kappa shape index (κ2) is 8.48. The van der Waals surface area contributed by atoms with Crippen molar-refractivity contribution >= 4 is 9.84 Å². The Hall–Kier alpha value is -0.880. The van der Waals surface area contributed by atoms with Crippen LogP contribution in [0.5, 0.6) is 0 Å². The van der Waals surface area contributed by atoms with Crippen LogP contribution < -0.4 is 0 Å². The third-order valence-corrected chi connectivity index (χ3v) is 6.50. The van der Waals surface area contributed by atoms with Gasteiger partial charge in [0.1, 0.15) is 0 Å². The first kappa shape index (κ1) is 19.4. The van der Waals surface area contributed by atoms with Crippen LogP contribution in [0.2, 0.25) is 0 Å². The van der Waals surface area contributed by atoms with Crippen molar-refractivity contribution in [3.05, 3.63) is 11.9 Å². The van der Waals surface area contributed by atoms with Crippen LogP contribution >= 0.6 is 0 Å². The molecule has 138 valence electrons. The maximum atomic E-state index is 12.8. The molecule has 2 rings (SSSR count). The quantitative estimate of drug-likeness (QED) is 0.646. The maximum Gasteiger partial charge on any atom is 0.227 e. The van der Waals surface area contributed by atoms with Crippen molar-refractivity contribution in [2.45, 2.75) is 71.1 Å². The van der Waals surface area contributed by atoms with Gasteiger partial charge in [0, 0.05) is 19.6 Å². The lowest BCUT2D eigenvalue weighted by Gasteiger charge is -2.25. The number of unbranched alkanes of at least 4 members (excludes halogenated alkanes) is 1. The zero-order valence-electron chi connectivity index (χ0n) is 15.7. The molecule has 0 aliphatic heterocycles. The zero-order chi connectivity index (χ0) is 17.7. The fraction of sp³-hybridized carbons (Fsp3) is 0.833. The van der Waals surface area contributed by atoms with E-state index in [9.17, 15) is 8.42 Å². The minimum absolute atomic E-state index is 0.261. The number of nitrogens with zero attached hydrogens (tertiary/aromatic N) is 3. The molecule has 0 amide bonds. The number of imidazole rings is 1. The summed E-state index contributed by atoms with van der Waals surface area (Å²) in [6.45, 7) is 8.99. The van der Waals surface area contributed by atoms with Crippen molar-refractivity contribution in [1.82, 2.24) is 14.5 Å². The minimum atomic E-state index is -3.29. The van der Waals surface area contributed by atoms with E-state index in [1.165, 1.54) is 0 Å². The van der Waals surface area contributed by atoms with E-state index < -0.39 is 9.84 Å². The second-order valence-corrected chi connectivity index (χ2v) is 9.63. The van der Waals surface area contributed by atoms with Crippen LogP contribution in [0.1, 0.15) is 58.6 Å². The van der Waals surface area contributed by atoms with Gasteiger partial charge in [0.15, 0.2) is 0 Å². The van der Waals surface area contributed by atoms with Crippen LogP contribution in [-0.2, 0) is 22.9 Å². The van der Waals surface area contributed by atoms with Gasteiger partial charge >= 0.3 is 0 Å². The van der Waals surface area contributed by atoms with Crippen LogP contribution in [0.15, 0.2) is 11.4 Å². The summed E-state index contributed by atoms with van der Waals surface area (Å²) < 4.78 is 27.6. The van der Waals surface area contributed by atoms with E-state index in [1.54, 1.807) is 6.20 Å². The number of sulfone groups is 1. The lowest BCUT2D eigenvalue weighted by atomic mass is 9.87. The van der Waals surface area contributed by atoms with Crippen molar-refractivity contribution in [2.24, 2.45) is 11.8 Å². The van der Waals surface area contributed by atoms with E-state index >= 15 is 0 Å². The number of hydrogen-bond donors (Lipinski definition) is 0. The fourth-order valence-electron chi connectivity index (χ4n) is 3.33. The van der Waals surface area contributed by atoms with Crippen molar-refractivity contribution in [2.75, 3.05) is 19.3 Å². The van der Waals surface area contributed by atoms with E-state index in [2.05, 4.69) is 37.7 Å². The molecule has 0 radical (unpaired) electrons. The Balaban J connectivity index is 2.20. The molecule has 1 fully saturated rings. The topological polar surface area (TPSA) is 55.2 Å². The lowest BCUT2D eigenvalue weighted by molar-refractivity contribution is 0.279. The molecule has 0 aromatic carbocycles. The van der Waals surface area contributed by atoms with E-state index in [-0.39, 0.29) is 10.9 Å². The maximum absolute atomic E-state index is 12.8. The predicted octanol–water partition coefficient (Wildman–Crippen LogP) is 3.34. The highest BCUT2D eigenvalue weighted by molar-refractivity contribution is 7.91. The van der Waals surface area contributed by atoms with Gasteiger partial charge in [-0.25, -0.2) is 13.4 Å². The van der Waals surface area contributed by atoms with Gasteiger partial charge in [0.25, 0.3) is 0 Å². The highest BCUT2D eigenvalue weighted by atomic mass is 32.2. The highest BCUT2D eigenvalue weighted by Gasteiger charge is 2.30. The number of rotatable bonds is 10. The average Bonchev–Trinajstić information content (AvgIpc) is 2.83. The third-order valence-electron chi connectivity index (χ3n) is 4.70. The van der Waals surface area contributed by atoms with Crippen LogP contribution in [0.25, 0.3) is 0 Å². The summed E-state index contributed by atoms with van der Waals surface area (Å²) in [4.78, 5) is 6.58. The van der Waals surface area contributed by atoms with E-state index in [0.29, 0.717) is 11.8 Å². The molecule has 0 unspecified atom stereocenters. The normalized spacial score (nSPS) is 16.1. The first-order valence-electron chi connectivity index (χ1n) is 9.29. The first-order chi connectivity index (χ1) is 11.3. The molecule has 24 heavy (non-hydrogen) atoms. The molecule has 0 N–H and O–H groups in total. The highest BCUT2D eigenvalue weighted by Crippen LogP contribution is 2.29. The van der Waals surface area contributed by atoms with Gasteiger partial charge in [-0.1, -0.05) is 33.6 Å². The molecular weight excluding hydrogens is 322 g/mol. The Bertz CT molecular complexity index is 618. The molecule has 1 saturated carbocycles. The van der Waals surface area contributed by atoms with E-state index in [1.807, 2.05) is 4.57 Å². The van der Waals surface area contributed by atoms with Gasteiger partial charge in [-0.3, -0.25) is 0 Å². The standard InChI is InChI=1S/C18H33N3O2S/c1-5-6-10-21-17(13-20(4)12-15(2)3)11-19-18(21)24(22,23)14-16-8-7-9-16/h11,15-16H,5-10,12-14H2,1-4H3. The summed E-state index contributed by atoms with van der Waals surface area (Å²) in [6.07, 6.45) is 7.03. The summed E-state index contributed by atoms with van der Waals surface area (Å²) in [6, 6.07) is 0. The largest absolute Gasteiger partial charge is 0.318 e. The van der Waals surface area contributed by atoms with Gasteiger partial charge in [-0.15, -0.1) is 0 Å². The van der Waals surface area contributed by atoms with Gasteiger partial charge in [0.05, 0.1) is 17.6 Å². The predicted molar refractivity (Wildman–Crippen MR) is 97.7 cm³/mol. The molecular formula is C18H33N3O2S. The minimum Gasteiger partial charge on any atom is -0.318 e. The Morgan fingerprint density at radius 1 is 1.38 bits per heavy atom. The Morgan fingerprint density at radius 3 is 2.62 bits per heavy atom. The number of aromatic nitrogens is 2. The molecule has 1 aliphatic carbocycles. The van der Waals surface area contributed by atoms with Crippen LogP contribution in [-0.4, -0.2) is 42.2 Å². The SMILES string of the molecule is CCCCn1c(CN(C)CC(C)C)cnc1S(=O)(=O)CC1CCC1. The van der Waals surface area contributed by atoms with Crippen molar-refractivity contribution in [3.8, 4) is 0 Å². The Kier molecular flexibility index (Phi) is 6.87. The van der Waals surface area contributed by atoms with Gasteiger partial charge in [-0.05, 0) is 38.1 Å². The smallest absolute Gasteiger partial charge is 0.227 e. The van der Waals surface area contributed by atoms with Crippen molar-refractivity contribution < 1.29 is 8.42 Å². The summed E-state index contributed by atoms with van der Waals surface area (Å²) in [5, 5.41) is 0.288. The third kappa shape index (κ3) is 5.06. The summed E-state index contributed by atoms with van der Waals surface area (Å²) in [7, 11) is -1.20. The Morgan fingerprint density at radius 2 is 2.08 bits per heavy atom. The molecule has 0 bridgehead atoms. The monoisotopic (exact) mass is 355 g/mol. The van der Waals surface area contributed by atoms with Crippen molar-refractivity contribution in [1.29, 1.82) is 0 Å². The summed E-state index contributed by atoms with van der Waals surface area (Å²) >= 11 is 0. The molecule has 0 atom stereocenters. The molecule has 5 nitrogen and oxygen atoms in total. The molecule has 0 saturated heterocycles. The van der Waals surface area contributed by atoms with Crippen LogP contribution in [0.4, 0.5) is 0 Å². The molecule has 1 aromatic rings.